The molecule has 0 radical (unpaired) electrons. The van der Waals surface area contributed by atoms with Crippen molar-refractivity contribution in [2.24, 2.45) is 5.73 Å². The summed E-state index contributed by atoms with van der Waals surface area (Å²) in [6.45, 7) is 3.78. The fourth-order valence-corrected chi connectivity index (χ4v) is 1.48. The first-order valence-electron chi connectivity index (χ1n) is 4.94. The van der Waals surface area contributed by atoms with Gasteiger partial charge in [0.1, 0.15) is 0 Å². The van der Waals surface area contributed by atoms with E-state index in [2.05, 4.69) is 5.32 Å². The summed E-state index contributed by atoms with van der Waals surface area (Å²) in [6, 6.07) is 0.691. The number of hydrogen-bond donors (Lipinski definition) is 2. The minimum Gasteiger partial charge on any atom is -0.381 e. The molecule has 1 heterocycles. The smallest absolute Gasteiger partial charge is 0.0480 e. The van der Waals surface area contributed by atoms with E-state index >= 15 is 0 Å². The van der Waals surface area contributed by atoms with Crippen LogP contribution in [0, 0.1) is 0 Å². The molecule has 3 heteroatoms. The summed E-state index contributed by atoms with van der Waals surface area (Å²) in [5.41, 5.74) is 5.40. The second-order valence-corrected chi connectivity index (χ2v) is 3.34. The molecule has 0 aromatic heterocycles. The van der Waals surface area contributed by atoms with Gasteiger partial charge in [-0.1, -0.05) is 0 Å². The van der Waals surface area contributed by atoms with E-state index in [1.807, 2.05) is 0 Å². The van der Waals surface area contributed by atoms with Gasteiger partial charge >= 0.3 is 0 Å². The van der Waals surface area contributed by atoms with E-state index in [9.17, 15) is 0 Å². The van der Waals surface area contributed by atoms with Crippen molar-refractivity contribution >= 4 is 0 Å². The van der Waals surface area contributed by atoms with Gasteiger partial charge in [-0.05, 0) is 38.8 Å². The minimum atomic E-state index is 0.691. The Hall–Kier alpha value is -0.120. The topological polar surface area (TPSA) is 47.3 Å². The molecule has 72 valence electrons. The number of rotatable bonds is 5. The van der Waals surface area contributed by atoms with Crippen LogP contribution < -0.4 is 11.1 Å². The van der Waals surface area contributed by atoms with Crippen LogP contribution in [-0.2, 0) is 4.74 Å². The molecule has 0 spiro atoms. The molecule has 0 aromatic carbocycles. The standard InChI is InChI=1S/C9H20N2O/c10-5-1-2-6-11-9-3-7-12-8-4-9/h9,11H,1-8,10H2. The zero-order valence-corrected chi connectivity index (χ0v) is 7.72. The molecule has 0 atom stereocenters. The van der Waals surface area contributed by atoms with Gasteiger partial charge in [-0.15, -0.1) is 0 Å². The van der Waals surface area contributed by atoms with Crippen molar-refractivity contribution in [2.45, 2.75) is 31.7 Å². The summed E-state index contributed by atoms with van der Waals surface area (Å²) in [4.78, 5) is 0. The summed E-state index contributed by atoms with van der Waals surface area (Å²) < 4.78 is 5.27. The van der Waals surface area contributed by atoms with Crippen LogP contribution in [0.1, 0.15) is 25.7 Å². The average molecular weight is 172 g/mol. The number of unbranched alkanes of at least 4 members (excludes halogenated alkanes) is 1. The number of ether oxygens (including phenoxy) is 1. The molecule has 1 fully saturated rings. The van der Waals surface area contributed by atoms with Crippen LogP contribution in [0.2, 0.25) is 0 Å². The maximum atomic E-state index is 5.40. The highest BCUT2D eigenvalue weighted by Crippen LogP contribution is 2.05. The van der Waals surface area contributed by atoms with E-state index in [-0.39, 0.29) is 0 Å². The molecule has 1 saturated heterocycles. The van der Waals surface area contributed by atoms with Crippen molar-refractivity contribution in [2.75, 3.05) is 26.3 Å². The Morgan fingerprint density at radius 3 is 2.67 bits per heavy atom. The van der Waals surface area contributed by atoms with Crippen molar-refractivity contribution in [3.63, 3.8) is 0 Å². The lowest BCUT2D eigenvalue weighted by atomic mass is 10.1. The molecule has 3 nitrogen and oxygen atoms in total. The molecular formula is C9H20N2O. The second-order valence-electron chi connectivity index (χ2n) is 3.34. The molecule has 0 saturated carbocycles. The van der Waals surface area contributed by atoms with Crippen LogP contribution in [-0.4, -0.2) is 32.3 Å². The lowest BCUT2D eigenvalue weighted by Gasteiger charge is -2.23. The number of hydrogen-bond acceptors (Lipinski definition) is 3. The van der Waals surface area contributed by atoms with Crippen molar-refractivity contribution < 1.29 is 4.74 Å². The van der Waals surface area contributed by atoms with Crippen molar-refractivity contribution in [3.8, 4) is 0 Å². The Labute approximate surface area is 74.7 Å². The maximum Gasteiger partial charge on any atom is 0.0480 e. The summed E-state index contributed by atoms with van der Waals surface area (Å²) >= 11 is 0. The van der Waals surface area contributed by atoms with E-state index in [0.29, 0.717) is 6.04 Å². The molecule has 0 bridgehead atoms. The second kappa shape index (κ2) is 6.40. The van der Waals surface area contributed by atoms with Crippen molar-refractivity contribution in [3.05, 3.63) is 0 Å². The van der Waals surface area contributed by atoms with E-state index < -0.39 is 0 Å². The fraction of sp³-hybridized carbons (Fsp3) is 1.00. The monoisotopic (exact) mass is 172 g/mol. The SMILES string of the molecule is NCCCCNC1CCOCC1. The third kappa shape index (κ3) is 4.04. The maximum absolute atomic E-state index is 5.40. The van der Waals surface area contributed by atoms with Gasteiger partial charge in [0.05, 0.1) is 0 Å². The van der Waals surface area contributed by atoms with Gasteiger partial charge in [-0.2, -0.15) is 0 Å². The molecule has 0 amide bonds. The third-order valence-electron chi connectivity index (χ3n) is 2.29. The summed E-state index contributed by atoms with van der Waals surface area (Å²) in [6.07, 6.45) is 4.68. The molecule has 1 aliphatic heterocycles. The predicted molar refractivity (Wildman–Crippen MR) is 50.1 cm³/mol. The highest BCUT2D eigenvalue weighted by atomic mass is 16.5. The highest BCUT2D eigenvalue weighted by Gasteiger charge is 2.11. The van der Waals surface area contributed by atoms with Crippen LogP contribution in [0.5, 0.6) is 0 Å². The molecule has 0 aromatic rings. The largest absolute Gasteiger partial charge is 0.381 e. The molecule has 3 N–H and O–H groups in total. The van der Waals surface area contributed by atoms with Crippen LogP contribution in [0.25, 0.3) is 0 Å². The van der Waals surface area contributed by atoms with Gasteiger partial charge in [0.25, 0.3) is 0 Å². The van der Waals surface area contributed by atoms with E-state index in [1.165, 1.54) is 19.3 Å². The third-order valence-corrected chi connectivity index (χ3v) is 2.29. The van der Waals surface area contributed by atoms with Gasteiger partial charge in [-0.3, -0.25) is 0 Å². The zero-order chi connectivity index (χ0) is 8.65. The lowest BCUT2D eigenvalue weighted by molar-refractivity contribution is 0.0780. The minimum absolute atomic E-state index is 0.691. The average Bonchev–Trinajstić information content (AvgIpc) is 2.14. The van der Waals surface area contributed by atoms with Gasteiger partial charge in [0.15, 0.2) is 0 Å². The molecular weight excluding hydrogens is 152 g/mol. The van der Waals surface area contributed by atoms with Gasteiger partial charge in [0.2, 0.25) is 0 Å². The number of nitrogens with two attached hydrogens (primary N) is 1. The highest BCUT2D eigenvalue weighted by molar-refractivity contribution is 4.69. The zero-order valence-electron chi connectivity index (χ0n) is 7.72. The Kier molecular flexibility index (Phi) is 5.32. The normalized spacial score (nSPS) is 19.8. The number of nitrogens with one attached hydrogen (secondary N) is 1. The van der Waals surface area contributed by atoms with Gasteiger partial charge < -0.3 is 15.8 Å². The van der Waals surface area contributed by atoms with Crippen LogP contribution in [0.15, 0.2) is 0 Å². The fourth-order valence-electron chi connectivity index (χ4n) is 1.48. The molecule has 12 heavy (non-hydrogen) atoms. The first-order valence-corrected chi connectivity index (χ1v) is 4.94. The van der Waals surface area contributed by atoms with Gasteiger partial charge in [0, 0.05) is 19.3 Å². The van der Waals surface area contributed by atoms with Crippen molar-refractivity contribution in [1.82, 2.24) is 5.32 Å². The molecule has 1 rings (SSSR count). The van der Waals surface area contributed by atoms with Crippen LogP contribution >= 0.6 is 0 Å². The van der Waals surface area contributed by atoms with E-state index in [0.717, 1.165) is 32.7 Å². The first-order chi connectivity index (χ1) is 5.93. The lowest BCUT2D eigenvalue weighted by Crippen LogP contribution is -2.35. The summed E-state index contributed by atoms with van der Waals surface area (Å²) in [5.74, 6) is 0. The Balaban J connectivity index is 1.91. The van der Waals surface area contributed by atoms with E-state index in [1.54, 1.807) is 0 Å². The van der Waals surface area contributed by atoms with E-state index in [4.69, 9.17) is 10.5 Å². The molecule has 0 unspecified atom stereocenters. The van der Waals surface area contributed by atoms with Gasteiger partial charge in [-0.25, -0.2) is 0 Å². The molecule has 0 aliphatic carbocycles. The Morgan fingerprint density at radius 2 is 2.00 bits per heavy atom. The molecule has 1 aliphatic rings. The van der Waals surface area contributed by atoms with Crippen LogP contribution in [0.4, 0.5) is 0 Å². The van der Waals surface area contributed by atoms with Crippen LogP contribution in [0.3, 0.4) is 0 Å². The summed E-state index contributed by atoms with van der Waals surface area (Å²) in [5, 5.41) is 3.52. The predicted octanol–water partition coefficient (Wildman–Crippen LogP) is 0.494. The Morgan fingerprint density at radius 1 is 1.25 bits per heavy atom. The van der Waals surface area contributed by atoms with Crippen molar-refractivity contribution in [1.29, 1.82) is 0 Å². The Bertz CT molecular complexity index is 103. The summed E-state index contributed by atoms with van der Waals surface area (Å²) in [7, 11) is 0. The first kappa shape index (κ1) is 9.96. The quantitative estimate of drug-likeness (QED) is 0.593.